The molecule has 0 saturated carbocycles. The topological polar surface area (TPSA) is 134 Å². The van der Waals surface area contributed by atoms with Crippen molar-refractivity contribution in [2.24, 2.45) is 0 Å². The van der Waals surface area contributed by atoms with Gasteiger partial charge in [-0.15, -0.1) is 0 Å². The predicted octanol–water partition coefficient (Wildman–Crippen LogP) is 1.14. The summed E-state index contributed by atoms with van der Waals surface area (Å²) in [4.78, 5) is 57.3. The van der Waals surface area contributed by atoms with Gasteiger partial charge in [-0.2, -0.15) is 0 Å². The van der Waals surface area contributed by atoms with Crippen molar-refractivity contribution in [3.05, 3.63) is 57.0 Å². The SMILES string of the molecule is C.Cc1cc(CNC(=O)c2nc3n(c(=O)c2O)[C@@H](C)COC[C@H]3N(C)C(=O)C(=O)N(C)C)ccc1F. The lowest BCUT2D eigenvalue weighted by Crippen LogP contribution is -2.44. The molecule has 12 heteroatoms. The molecule has 1 aromatic carbocycles. The number of carbonyl (C=O) groups is 3. The molecule has 1 aliphatic rings. The lowest BCUT2D eigenvalue weighted by Gasteiger charge is -2.28. The summed E-state index contributed by atoms with van der Waals surface area (Å²) in [6, 6.07) is 2.80. The van der Waals surface area contributed by atoms with Crippen LogP contribution in [-0.2, 0) is 20.9 Å². The van der Waals surface area contributed by atoms with Gasteiger partial charge in [-0.1, -0.05) is 19.6 Å². The molecule has 2 atom stereocenters. The number of nitrogens with zero attached hydrogens (tertiary/aromatic N) is 4. The molecule has 0 saturated heterocycles. The van der Waals surface area contributed by atoms with Gasteiger partial charge in [0.2, 0.25) is 5.75 Å². The monoisotopic (exact) mass is 505 g/mol. The summed E-state index contributed by atoms with van der Waals surface area (Å²) in [5.74, 6) is -3.71. The third kappa shape index (κ3) is 5.54. The van der Waals surface area contributed by atoms with Gasteiger partial charge in [-0.05, 0) is 31.0 Å². The van der Waals surface area contributed by atoms with Crippen LogP contribution in [0, 0.1) is 12.7 Å². The number of nitrogens with one attached hydrogen (secondary N) is 1. The van der Waals surface area contributed by atoms with Crippen molar-refractivity contribution in [3.8, 4) is 5.75 Å². The third-order valence-corrected chi connectivity index (χ3v) is 5.76. The van der Waals surface area contributed by atoms with Gasteiger partial charge in [0.15, 0.2) is 5.69 Å². The van der Waals surface area contributed by atoms with Gasteiger partial charge in [0, 0.05) is 27.7 Å². The highest BCUT2D eigenvalue weighted by Crippen LogP contribution is 2.26. The third-order valence-electron chi connectivity index (χ3n) is 5.76. The largest absolute Gasteiger partial charge is 0.501 e. The number of amides is 3. The Morgan fingerprint density at radius 3 is 2.50 bits per heavy atom. The number of hydrogen-bond donors (Lipinski definition) is 2. The maximum absolute atomic E-state index is 13.5. The van der Waals surface area contributed by atoms with Crippen LogP contribution in [0.5, 0.6) is 5.75 Å². The van der Waals surface area contributed by atoms with Crippen LogP contribution in [0.2, 0.25) is 0 Å². The molecule has 0 spiro atoms. The summed E-state index contributed by atoms with van der Waals surface area (Å²) in [5.41, 5.74) is -0.395. The Labute approximate surface area is 208 Å². The number of benzene rings is 1. The lowest BCUT2D eigenvalue weighted by molar-refractivity contribution is -0.151. The number of likely N-dealkylation sites (N-methyl/N-ethyl adjacent to an activating group) is 2. The first-order valence-electron chi connectivity index (χ1n) is 10.9. The van der Waals surface area contributed by atoms with Crippen LogP contribution in [0.3, 0.4) is 0 Å². The van der Waals surface area contributed by atoms with E-state index in [0.717, 1.165) is 14.4 Å². The molecule has 0 fully saturated rings. The van der Waals surface area contributed by atoms with E-state index < -0.39 is 46.8 Å². The Morgan fingerprint density at radius 2 is 1.89 bits per heavy atom. The van der Waals surface area contributed by atoms with Crippen LogP contribution in [0.25, 0.3) is 0 Å². The predicted molar refractivity (Wildman–Crippen MR) is 129 cm³/mol. The second-order valence-electron chi connectivity index (χ2n) is 8.63. The molecule has 0 bridgehead atoms. The van der Waals surface area contributed by atoms with E-state index in [1.54, 1.807) is 19.9 Å². The number of halogens is 1. The van der Waals surface area contributed by atoms with Gasteiger partial charge in [0.05, 0.1) is 19.3 Å². The molecule has 2 aromatic rings. The number of rotatable bonds is 4. The van der Waals surface area contributed by atoms with Gasteiger partial charge < -0.3 is 25.0 Å². The van der Waals surface area contributed by atoms with E-state index >= 15 is 0 Å². The maximum atomic E-state index is 13.5. The number of hydrogen-bond acceptors (Lipinski definition) is 7. The number of fused-ring (bicyclic) bond motifs is 1. The van der Waals surface area contributed by atoms with E-state index in [2.05, 4.69) is 10.3 Å². The molecule has 1 aliphatic heterocycles. The second kappa shape index (κ2) is 11.3. The Balaban J connectivity index is 0.00000456. The first kappa shape index (κ1) is 28.4. The van der Waals surface area contributed by atoms with Crippen molar-refractivity contribution in [1.29, 1.82) is 0 Å². The fraction of sp³-hybridized carbons (Fsp3) is 0.458. The van der Waals surface area contributed by atoms with E-state index in [4.69, 9.17) is 4.74 Å². The second-order valence-corrected chi connectivity index (χ2v) is 8.63. The molecular weight excluding hydrogens is 473 g/mol. The lowest BCUT2D eigenvalue weighted by atomic mass is 10.1. The number of aromatic hydroxyl groups is 1. The smallest absolute Gasteiger partial charge is 0.312 e. The summed E-state index contributed by atoms with van der Waals surface area (Å²) in [6.45, 7) is 3.25. The Kier molecular flexibility index (Phi) is 8.92. The van der Waals surface area contributed by atoms with Crippen LogP contribution in [-0.4, -0.2) is 76.5 Å². The maximum Gasteiger partial charge on any atom is 0.312 e. The number of aryl methyl sites for hydroxylation is 1. The minimum absolute atomic E-state index is 0. The van der Waals surface area contributed by atoms with Crippen molar-refractivity contribution in [2.75, 3.05) is 34.4 Å². The molecule has 0 aliphatic carbocycles. The molecule has 3 amide bonds. The highest BCUT2D eigenvalue weighted by atomic mass is 19.1. The standard InChI is InChI=1S/C23H28FN5O6.CH4/c1-12-8-14(6-7-15(12)24)9-25-20(31)17-18(30)21(32)29-13(2)10-35-11-16(19(29)26-17)28(5)23(34)22(33)27(3)4;/h6-8,13,16,30H,9-11H2,1-5H3,(H,25,31);1H4/t13-,16+;/m0./s1. The zero-order chi connectivity index (χ0) is 26.0. The van der Waals surface area contributed by atoms with Crippen LogP contribution >= 0.6 is 0 Å². The molecule has 0 unspecified atom stereocenters. The molecule has 3 rings (SSSR count). The number of carbonyl (C=O) groups excluding carboxylic acids is 3. The van der Waals surface area contributed by atoms with Crippen LogP contribution in [0.15, 0.2) is 23.0 Å². The summed E-state index contributed by atoms with van der Waals surface area (Å²) in [7, 11) is 4.23. The number of aromatic nitrogens is 2. The summed E-state index contributed by atoms with van der Waals surface area (Å²) >= 11 is 0. The summed E-state index contributed by atoms with van der Waals surface area (Å²) in [5, 5.41) is 13.1. The van der Waals surface area contributed by atoms with Gasteiger partial charge in [-0.25, -0.2) is 9.37 Å². The molecule has 2 heterocycles. The Hall–Kier alpha value is -3.80. The van der Waals surface area contributed by atoms with Gasteiger partial charge in [-0.3, -0.25) is 23.7 Å². The Bertz CT molecular complexity index is 1230. The van der Waals surface area contributed by atoms with Crippen molar-refractivity contribution in [2.45, 2.75) is 39.9 Å². The Morgan fingerprint density at radius 1 is 1.22 bits per heavy atom. The normalized spacial score (nSPS) is 16.7. The molecule has 11 nitrogen and oxygen atoms in total. The fourth-order valence-corrected chi connectivity index (χ4v) is 3.71. The molecule has 196 valence electrons. The van der Waals surface area contributed by atoms with Gasteiger partial charge in [0.25, 0.3) is 11.5 Å². The summed E-state index contributed by atoms with van der Waals surface area (Å²) < 4.78 is 20.3. The van der Waals surface area contributed by atoms with E-state index in [-0.39, 0.29) is 38.8 Å². The van der Waals surface area contributed by atoms with Crippen molar-refractivity contribution >= 4 is 17.7 Å². The highest BCUT2D eigenvalue weighted by molar-refractivity contribution is 6.34. The average Bonchev–Trinajstić information content (AvgIpc) is 2.98. The minimum atomic E-state index is -0.976. The molecule has 36 heavy (non-hydrogen) atoms. The van der Waals surface area contributed by atoms with Crippen LogP contribution < -0.4 is 10.9 Å². The van der Waals surface area contributed by atoms with Crippen molar-refractivity contribution < 1.29 is 28.6 Å². The van der Waals surface area contributed by atoms with Crippen molar-refractivity contribution in [1.82, 2.24) is 24.7 Å². The summed E-state index contributed by atoms with van der Waals surface area (Å²) in [6.07, 6.45) is 0. The first-order valence-corrected chi connectivity index (χ1v) is 10.9. The first-order chi connectivity index (χ1) is 16.4. The van der Waals surface area contributed by atoms with E-state index in [1.165, 1.54) is 33.3 Å². The van der Waals surface area contributed by atoms with E-state index in [1.807, 2.05) is 0 Å². The number of ether oxygens (including phenoxy) is 1. The zero-order valence-electron chi connectivity index (χ0n) is 20.2. The average molecular weight is 506 g/mol. The highest BCUT2D eigenvalue weighted by Gasteiger charge is 2.36. The molecule has 0 radical (unpaired) electrons. The quantitative estimate of drug-likeness (QED) is 0.595. The minimum Gasteiger partial charge on any atom is -0.501 e. The van der Waals surface area contributed by atoms with Crippen LogP contribution in [0.1, 0.15) is 53.9 Å². The van der Waals surface area contributed by atoms with Crippen LogP contribution in [0.4, 0.5) is 4.39 Å². The molecular formula is C24H32FN5O6. The van der Waals surface area contributed by atoms with E-state index in [0.29, 0.717) is 11.1 Å². The van der Waals surface area contributed by atoms with Crippen molar-refractivity contribution in [3.63, 3.8) is 0 Å². The molecule has 2 N–H and O–H groups in total. The van der Waals surface area contributed by atoms with E-state index in [9.17, 15) is 28.7 Å². The molecule has 1 aromatic heterocycles. The van der Waals surface area contributed by atoms with Gasteiger partial charge >= 0.3 is 11.8 Å². The fourth-order valence-electron chi connectivity index (χ4n) is 3.71. The zero-order valence-corrected chi connectivity index (χ0v) is 20.2. The van der Waals surface area contributed by atoms with Gasteiger partial charge in [0.1, 0.15) is 17.7 Å².